The molecule has 1 atom stereocenters. The van der Waals surface area contributed by atoms with Crippen LogP contribution in [0.4, 0.5) is 4.39 Å². The van der Waals surface area contributed by atoms with Crippen LogP contribution in [-0.2, 0) is 11.3 Å². The fraction of sp³-hybridized carbons (Fsp3) is 0.348. The smallest absolute Gasteiger partial charge is 0.123 e. The Bertz CT molecular complexity index is 912. The lowest BCUT2D eigenvalue weighted by Gasteiger charge is -2.20. The molecule has 2 aromatic carbocycles. The second-order valence-electron chi connectivity index (χ2n) is 7.62. The molecule has 4 nitrogen and oxygen atoms in total. The summed E-state index contributed by atoms with van der Waals surface area (Å²) in [6.07, 6.45) is 4.66. The predicted molar refractivity (Wildman–Crippen MR) is 109 cm³/mol. The molecule has 1 fully saturated rings. The predicted octanol–water partition coefficient (Wildman–Crippen LogP) is 4.60. The van der Waals surface area contributed by atoms with E-state index in [4.69, 9.17) is 9.84 Å². The standard InChI is InChI=1S/C23H26FN3O/c1-17-5-11-21(12-6-17)27-15-19(14-26(2)16-22-4-3-13-28-22)23(25-27)18-7-9-20(24)10-8-18/h5-12,15,22H,3-4,13-14,16H2,1-2H3. The van der Waals surface area contributed by atoms with Gasteiger partial charge >= 0.3 is 0 Å². The summed E-state index contributed by atoms with van der Waals surface area (Å²) in [5.41, 5.74) is 5.16. The fourth-order valence-corrected chi connectivity index (χ4v) is 3.70. The number of halogens is 1. The Balaban J connectivity index is 1.63. The van der Waals surface area contributed by atoms with Gasteiger partial charge in [0.1, 0.15) is 5.82 Å². The van der Waals surface area contributed by atoms with Crippen molar-refractivity contribution < 1.29 is 9.13 Å². The molecule has 146 valence electrons. The molecule has 0 saturated carbocycles. The molecule has 1 aromatic heterocycles. The largest absolute Gasteiger partial charge is 0.377 e. The minimum absolute atomic E-state index is 0.237. The molecule has 0 amide bonds. The summed E-state index contributed by atoms with van der Waals surface area (Å²) in [6.45, 7) is 4.60. The lowest BCUT2D eigenvalue weighted by atomic mass is 10.1. The Morgan fingerprint density at radius 2 is 1.89 bits per heavy atom. The average molecular weight is 379 g/mol. The fourth-order valence-electron chi connectivity index (χ4n) is 3.70. The van der Waals surface area contributed by atoms with Gasteiger partial charge in [-0.15, -0.1) is 0 Å². The van der Waals surface area contributed by atoms with Crippen LogP contribution in [0.1, 0.15) is 24.0 Å². The number of ether oxygens (including phenoxy) is 1. The SMILES string of the molecule is Cc1ccc(-n2cc(CN(C)CC3CCCO3)c(-c3ccc(F)cc3)n2)cc1. The quantitative estimate of drug-likeness (QED) is 0.627. The maximum Gasteiger partial charge on any atom is 0.123 e. The first-order valence-corrected chi connectivity index (χ1v) is 9.80. The first-order valence-electron chi connectivity index (χ1n) is 9.80. The van der Waals surface area contributed by atoms with Crippen LogP contribution >= 0.6 is 0 Å². The molecule has 0 aliphatic carbocycles. The number of aryl methyl sites for hydroxylation is 1. The van der Waals surface area contributed by atoms with Crippen LogP contribution in [0.25, 0.3) is 16.9 Å². The Morgan fingerprint density at radius 3 is 2.57 bits per heavy atom. The number of likely N-dealkylation sites (N-methyl/N-ethyl adjacent to an activating group) is 1. The number of benzene rings is 2. The van der Waals surface area contributed by atoms with Gasteiger partial charge in [-0.3, -0.25) is 4.90 Å². The first kappa shape index (κ1) is 18.8. The summed E-state index contributed by atoms with van der Waals surface area (Å²) in [7, 11) is 2.11. The van der Waals surface area contributed by atoms with E-state index in [0.29, 0.717) is 6.10 Å². The van der Waals surface area contributed by atoms with Crippen LogP contribution in [0.15, 0.2) is 54.7 Å². The van der Waals surface area contributed by atoms with Gasteiger partial charge in [-0.05, 0) is 63.2 Å². The average Bonchev–Trinajstić information content (AvgIpc) is 3.33. The molecular weight excluding hydrogens is 353 g/mol. The van der Waals surface area contributed by atoms with Crippen molar-refractivity contribution in [3.8, 4) is 16.9 Å². The van der Waals surface area contributed by atoms with E-state index in [1.807, 2.05) is 4.68 Å². The second-order valence-corrected chi connectivity index (χ2v) is 7.62. The molecule has 28 heavy (non-hydrogen) atoms. The molecule has 4 rings (SSSR count). The van der Waals surface area contributed by atoms with Crippen LogP contribution in [0, 0.1) is 12.7 Å². The molecule has 0 N–H and O–H groups in total. The molecule has 0 radical (unpaired) electrons. The van der Waals surface area contributed by atoms with E-state index in [2.05, 4.69) is 49.3 Å². The molecule has 0 bridgehead atoms. The summed E-state index contributed by atoms with van der Waals surface area (Å²) < 4.78 is 21.1. The third-order valence-electron chi connectivity index (χ3n) is 5.19. The van der Waals surface area contributed by atoms with Crippen LogP contribution in [0.2, 0.25) is 0 Å². The maximum atomic E-state index is 13.4. The minimum Gasteiger partial charge on any atom is -0.377 e. The van der Waals surface area contributed by atoms with Gasteiger partial charge in [-0.1, -0.05) is 17.7 Å². The van der Waals surface area contributed by atoms with Gasteiger partial charge in [-0.2, -0.15) is 5.10 Å². The van der Waals surface area contributed by atoms with Crippen molar-refractivity contribution in [2.24, 2.45) is 0 Å². The summed E-state index contributed by atoms with van der Waals surface area (Å²) in [6, 6.07) is 14.9. The van der Waals surface area contributed by atoms with Crippen molar-refractivity contribution >= 4 is 0 Å². The molecular formula is C23H26FN3O. The molecule has 2 heterocycles. The van der Waals surface area contributed by atoms with Gasteiger partial charge in [0.05, 0.1) is 17.5 Å². The van der Waals surface area contributed by atoms with E-state index in [1.54, 1.807) is 12.1 Å². The lowest BCUT2D eigenvalue weighted by Crippen LogP contribution is -2.28. The van der Waals surface area contributed by atoms with Crippen molar-refractivity contribution in [1.82, 2.24) is 14.7 Å². The maximum absolute atomic E-state index is 13.4. The number of rotatable bonds is 6. The molecule has 5 heteroatoms. The number of hydrogen-bond acceptors (Lipinski definition) is 3. The number of aromatic nitrogens is 2. The Labute approximate surface area is 165 Å². The van der Waals surface area contributed by atoms with E-state index in [-0.39, 0.29) is 5.82 Å². The van der Waals surface area contributed by atoms with Crippen molar-refractivity contribution in [2.75, 3.05) is 20.2 Å². The normalized spacial score (nSPS) is 16.8. The topological polar surface area (TPSA) is 30.3 Å². The third-order valence-corrected chi connectivity index (χ3v) is 5.19. The minimum atomic E-state index is -0.237. The first-order chi connectivity index (χ1) is 13.6. The zero-order valence-corrected chi connectivity index (χ0v) is 16.4. The van der Waals surface area contributed by atoms with E-state index >= 15 is 0 Å². The Morgan fingerprint density at radius 1 is 1.14 bits per heavy atom. The zero-order valence-electron chi connectivity index (χ0n) is 16.4. The second kappa shape index (κ2) is 8.25. The Kier molecular flexibility index (Phi) is 5.55. The van der Waals surface area contributed by atoms with E-state index in [1.165, 1.54) is 17.7 Å². The molecule has 1 aliphatic rings. The van der Waals surface area contributed by atoms with Gasteiger partial charge in [0.25, 0.3) is 0 Å². The van der Waals surface area contributed by atoms with Crippen LogP contribution in [0.3, 0.4) is 0 Å². The highest BCUT2D eigenvalue weighted by molar-refractivity contribution is 5.63. The van der Waals surface area contributed by atoms with Crippen LogP contribution in [-0.4, -0.2) is 41.0 Å². The third kappa shape index (κ3) is 4.32. The monoisotopic (exact) mass is 379 g/mol. The zero-order chi connectivity index (χ0) is 19.5. The number of nitrogens with zero attached hydrogens (tertiary/aromatic N) is 3. The summed E-state index contributed by atoms with van der Waals surface area (Å²) in [5.74, 6) is -0.237. The van der Waals surface area contributed by atoms with Gasteiger partial charge in [0.2, 0.25) is 0 Å². The van der Waals surface area contributed by atoms with Crippen molar-refractivity contribution in [3.05, 3.63) is 71.7 Å². The van der Waals surface area contributed by atoms with E-state index in [0.717, 1.165) is 55.0 Å². The summed E-state index contributed by atoms with van der Waals surface area (Å²) >= 11 is 0. The Hall–Kier alpha value is -2.50. The number of hydrogen-bond donors (Lipinski definition) is 0. The van der Waals surface area contributed by atoms with Crippen molar-refractivity contribution in [1.29, 1.82) is 0 Å². The van der Waals surface area contributed by atoms with E-state index < -0.39 is 0 Å². The highest BCUT2D eigenvalue weighted by atomic mass is 19.1. The molecule has 1 unspecified atom stereocenters. The summed E-state index contributed by atoms with van der Waals surface area (Å²) in [5, 5.41) is 4.83. The highest BCUT2D eigenvalue weighted by Gasteiger charge is 2.19. The van der Waals surface area contributed by atoms with Gasteiger partial charge in [0.15, 0.2) is 0 Å². The highest BCUT2D eigenvalue weighted by Crippen LogP contribution is 2.26. The van der Waals surface area contributed by atoms with Gasteiger partial charge < -0.3 is 4.74 Å². The van der Waals surface area contributed by atoms with Crippen molar-refractivity contribution in [3.63, 3.8) is 0 Å². The van der Waals surface area contributed by atoms with E-state index in [9.17, 15) is 4.39 Å². The van der Waals surface area contributed by atoms with Crippen LogP contribution < -0.4 is 0 Å². The molecule has 1 saturated heterocycles. The molecule has 3 aromatic rings. The van der Waals surface area contributed by atoms with Crippen molar-refractivity contribution in [2.45, 2.75) is 32.4 Å². The van der Waals surface area contributed by atoms with Gasteiger partial charge in [0, 0.05) is 37.0 Å². The lowest BCUT2D eigenvalue weighted by molar-refractivity contribution is 0.0793. The van der Waals surface area contributed by atoms with Crippen LogP contribution in [0.5, 0.6) is 0 Å². The molecule has 1 aliphatic heterocycles. The summed E-state index contributed by atoms with van der Waals surface area (Å²) in [4.78, 5) is 2.28. The van der Waals surface area contributed by atoms with Gasteiger partial charge in [-0.25, -0.2) is 9.07 Å². The molecule has 0 spiro atoms.